The zero-order valence-electron chi connectivity index (χ0n) is 25.1. The van der Waals surface area contributed by atoms with Gasteiger partial charge in [0.05, 0.1) is 46.5 Å². The highest BCUT2D eigenvalue weighted by Gasteiger charge is 2.53. The van der Waals surface area contributed by atoms with Crippen molar-refractivity contribution in [1.82, 2.24) is 4.98 Å². The lowest BCUT2D eigenvalue weighted by Gasteiger charge is -2.36. The number of fused-ring (bicyclic) bond motifs is 1. The van der Waals surface area contributed by atoms with E-state index in [1.165, 1.54) is 0 Å². The van der Waals surface area contributed by atoms with Crippen LogP contribution in [0.15, 0.2) is 41.3 Å². The molecule has 3 unspecified atom stereocenters. The number of Topliss-reactive ketones (excluding diaryl/α,β-unsaturated/α-hetero) is 1. The number of aromatic nitrogens is 1. The largest absolute Gasteiger partial charge is 0.458 e. The van der Waals surface area contributed by atoms with Crippen molar-refractivity contribution in [1.29, 1.82) is 0 Å². The topological polar surface area (TPSA) is 109 Å². The van der Waals surface area contributed by atoms with E-state index in [0.717, 1.165) is 41.1 Å². The number of aliphatic hydroxyl groups excluding tert-OH is 2. The number of cyclic esters (lactones) is 1. The number of esters is 1. The van der Waals surface area contributed by atoms with Gasteiger partial charge in [-0.25, -0.2) is 4.98 Å². The van der Waals surface area contributed by atoms with E-state index in [4.69, 9.17) is 9.47 Å². The molecule has 224 valence electrons. The van der Waals surface area contributed by atoms with E-state index in [9.17, 15) is 19.8 Å². The minimum atomic E-state index is -1.27. The minimum absolute atomic E-state index is 0.0669. The number of ketones is 1. The number of ether oxygens (including phenoxy) is 2. The molecule has 8 heteroatoms. The third-order valence-electron chi connectivity index (χ3n) is 9.05. The first-order chi connectivity index (χ1) is 19.3. The number of carbonyl (C=O) groups is 2. The van der Waals surface area contributed by atoms with Gasteiger partial charge in [0, 0.05) is 17.7 Å². The van der Waals surface area contributed by atoms with E-state index in [-0.39, 0.29) is 29.8 Å². The highest BCUT2D eigenvalue weighted by atomic mass is 32.1. The molecule has 2 N–H and O–H groups in total. The van der Waals surface area contributed by atoms with Crippen LogP contribution in [0.4, 0.5) is 0 Å². The number of benzene rings is 1. The van der Waals surface area contributed by atoms with Gasteiger partial charge < -0.3 is 19.7 Å². The highest BCUT2D eigenvalue weighted by Crippen LogP contribution is 2.45. The van der Waals surface area contributed by atoms with Crippen molar-refractivity contribution in [2.24, 2.45) is 17.3 Å². The SMILES string of the molecule is CC(=Cc1csc(C)n1)C1C[C@@H]2O[C@]2(C)CCC[C@H](C)[C@@H](O)C(Cc2ccccc2)C(=O)C(C)(C)C(O)CC(=O)O1. The van der Waals surface area contributed by atoms with Crippen LogP contribution in [-0.4, -0.2) is 57.0 Å². The molecule has 2 aliphatic heterocycles. The number of carbonyl (C=O) groups excluding carboxylic acids is 2. The predicted molar refractivity (Wildman–Crippen MR) is 160 cm³/mol. The van der Waals surface area contributed by atoms with Crippen LogP contribution in [-0.2, 0) is 25.5 Å². The lowest BCUT2D eigenvalue weighted by atomic mass is 9.70. The number of thiazole rings is 1. The van der Waals surface area contributed by atoms with Gasteiger partial charge in [-0.2, -0.15) is 0 Å². The maximum atomic E-state index is 14.0. The molecule has 2 saturated heterocycles. The van der Waals surface area contributed by atoms with Crippen molar-refractivity contribution in [3.8, 4) is 0 Å². The molecule has 7 atom stereocenters. The molecule has 0 amide bonds. The van der Waals surface area contributed by atoms with Crippen molar-refractivity contribution in [2.45, 2.75) is 110 Å². The summed E-state index contributed by atoms with van der Waals surface area (Å²) in [5.74, 6) is -1.68. The van der Waals surface area contributed by atoms with Crippen molar-refractivity contribution in [2.75, 3.05) is 0 Å². The molecule has 4 rings (SSSR count). The van der Waals surface area contributed by atoms with E-state index in [1.807, 2.05) is 62.6 Å². The highest BCUT2D eigenvalue weighted by molar-refractivity contribution is 7.09. The smallest absolute Gasteiger partial charge is 0.309 e. The van der Waals surface area contributed by atoms with Gasteiger partial charge in [-0.1, -0.05) is 57.5 Å². The number of epoxide rings is 1. The van der Waals surface area contributed by atoms with Crippen molar-refractivity contribution in [3.63, 3.8) is 0 Å². The van der Waals surface area contributed by atoms with Gasteiger partial charge in [-0.15, -0.1) is 11.3 Å². The average Bonchev–Trinajstić information content (AvgIpc) is 3.37. The zero-order chi connectivity index (χ0) is 29.9. The fourth-order valence-electron chi connectivity index (χ4n) is 5.94. The van der Waals surface area contributed by atoms with Gasteiger partial charge in [0.25, 0.3) is 0 Å². The van der Waals surface area contributed by atoms with Crippen LogP contribution in [0.1, 0.15) is 83.0 Å². The lowest BCUT2D eigenvalue weighted by molar-refractivity contribution is -0.154. The molecule has 7 nitrogen and oxygen atoms in total. The normalized spacial score (nSPS) is 33.6. The molecular formula is C33H45NO6S. The fourth-order valence-corrected chi connectivity index (χ4v) is 6.51. The second kappa shape index (κ2) is 12.9. The van der Waals surface area contributed by atoms with E-state index in [1.54, 1.807) is 25.2 Å². The second-order valence-corrected chi connectivity index (χ2v) is 13.8. The number of hydrogen-bond donors (Lipinski definition) is 2. The summed E-state index contributed by atoms with van der Waals surface area (Å²) in [5.41, 5.74) is 1.01. The molecule has 2 aromatic rings. The maximum absolute atomic E-state index is 14.0. The Balaban J connectivity index is 1.61. The molecule has 0 aliphatic carbocycles. The number of rotatable bonds is 4. The molecule has 1 aromatic carbocycles. The fraction of sp³-hybridized carbons (Fsp3) is 0.606. The average molecular weight is 584 g/mol. The third-order valence-corrected chi connectivity index (χ3v) is 9.84. The summed E-state index contributed by atoms with van der Waals surface area (Å²) in [6, 6.07) is 9.63. The standard InChI is InChI=1S/C33H45NO6S/c1-20-11-10-14-33(6)28(40-33)17-26(21(2)15-24-19-41-22(3)34-24)39-29(36)18-27(35)32(4,5)31(38)25(30(20)37)16-23-12-8-7-9-13-23/h7-9,12-13,15,19-20,25-28,30,35,37H,10-11,14,16-18H2,1-6H3/t20-,25?,26?,27?,28-,30+,33+/m0/s1. The lowest BCUT2D eigenvalue weighted by Crippen LogP contribution is -2.47. The molecule has 0 radical (unpaired) electrons. The Labute approximate surface area is 248 Å². The van der Waals surface area contributed by atoms with Crippen LogP contribution >= 0.6 is 11.3 Å². The third kappa shape index (κ3) is 7.72. The van der Waals surface area contributed by atoms with Crippen LogP contribution in [0, 0.1) is 24.2 Å². The Morgan fingerprint density at radius 2 is 1.88 bits per heavy atom. The van der Waals surface area contributed by atoms with Crippen LogP contribution in [0.3, 0.4) is 0 Å². The van der Waals surface area contributed by atoms with E-state index in [0.29, 0.717) is 12.8 Å². The van der Waals surface area contributed by atoms with Crippen molar-refractivity contribution < 1.29 is 29.3 Å². The number of nitrogens with zero attached hydrogens (tertiary/aromatic N) is 1. The van der Waals surface area contributed by atoms with Crippen LogP contribution in [0.2, 0.25) is 0 Å². The first kappa shape index (κ1) is 31.5. The van der Waals surface area contributed by atoms with E-state index >= 15 is 0 Å². The zero-order valence-corrected chi connectivity index (χ0v) is 25.9. The van der Waals surface area contributed by atoms with Crippen LogP contribution in [0.5, 0.6) is 0 Å². The number of aryl methyl sites for hydroxylation is 1. The predicted octanol–water partition coefficient (Wildman–Crippen LogP) is 5.70. The molecule has 1 aromatic heterocycles. The van der Waals surface area contributed by atoms with Gasteiger partial charge in [-0.05, 0) is 63.2 Å². The molecule has 41 heavy (non-hydrogen) atoms. The molecular weight excluding hydrogens is 538 g/mol. The Kier molecular flexibility index (Phi) is 9.89. The summed E-state index contributed by atoms with van der Waals surface area (Å²) in [5, 5.41) is 25.6. The number of aliphatic hydroxyl groups is 2. The first-order valence-electron chi connectivity index (χ1n) is 14.7. The summed E-state index contributed by atoms with van der Waals surface area (Å²) in [6.45, 7) is 11.2. The monoisotopic (exact) mass is 583 g/mol. The van der Waals surface area contributed by atoms with Crippen molar-refractivity contribution in [3.05, 3.63) is 57.6 Å². The van der Waals surface area contributed by atoms with E-state index in [2.05, 4.69) is 11.9 Å². The molecule has 0 saturated carbocycles. The summed E-state index contributed by atoms with van der Waals surface area (Å²) in [6.07, 6.45) is 2.09. The van der Waals surface area contributed by atoms with Gasteiger partial charge in [-0.3, -0.25) is 9.59 Å². The van der Waals surface area contributed by atoms with Gasteiger partial charge in [0.15, 0.2) is 0 Å². The maximum Gasteiger partial charge on any atom is 0.309 e. The summed E-state index contributed by atoms with van der Waals surface area (Å²) >= 11 is 1.56. The van der Waals surface area contributed by atoms with Crippen molar-refractivity contribution >= 4 is 29.2 Å². The minimum Gasteiger partial charge on any atom is -0.458 e. The van der Waals surface area contributed by atoms with Gasteiger partial charge in [0.1, 0.15) is 11.9 Å². The Hall–Kier alpha value is -2.39. The summed E-state index contributed by atoms with van der Waals surface area (Å²) in [7, 11) is 0. The summed E-state index contributed by atoms with van der Waals surface area (Å²) < 4.78 is 12.1. The Morgan fingerprint density at radius 3 is 2.54 bits per heavy atom. The molecule has 3 heterocycles. The quantitative estimate of drug-likeness (QED) is 0.351. The molecule has 0 spiro atoms. The van der Waals surface area contributed by atoms with Gasteiger partial charge >= 0.3 is 5.97 Å². The molecule has 2 aliphatic rings. The van der Waals surface area contributed by atoms with Crippen LogP contribution in [0.25, 0.3) is 6.08 Å². The number of hydrogen-bond acceptors (Lipinski definition) is 8. The molecule has 0 bridgehead atoms. The second-order valence-electron chi connectivity index (χ2n) is 12.8. The first-order valence-corrected chi connectivity index (χ1v) is 15.6. The van der Waals surface area contributed by atoms with Crippen LogP contribution < -0.4 is 0 Å². The Bertz CT molecular complexity index is 1240. The Morgan fingerprint density at radius 1 is 1.17 bits per heavy atom. The van der Waals surface area contributed by atoms with E-state index < -0.39 is 35.6 Å². The summed E-state index contributed by atoms with van der Waals surface area (Å²) in [4.78, 5) is 31.7. The van der Waals surface area contributed by atoms with Gasteiger partial charge in [0.2, 0.25) is 0 Å². The molecule has 2 fully saturated rings.